The second kappa shape index (κ2) is 11.5. The van der Waals surface area contributed by atoms with E-state index in [9.17, 15) is 0 Å². The highest BCUT2D eigenvalue weighted by Gasteiger charge is 2.17. The van der Waals surface area contributed by atoms with Crippen LogP contribution in [0.15, 0.2) is 194 Å². The van der Waals surface area contributed by atoms with Crippen LogP contribution in [0.1, 0.15) is 0 Å². The predicted octanol–water partition coefficient (Wildman–Crippen LogP) is 13.4. The van der Waals surface area contributed by atoms with Crippen LogP contribution in [-0.2, 0) is 0 Å². The standard InChI is InChI=1S/C48H32N2/c1-2-15-40(16-3-1)49(41-23-20-34(21-24-41)39-19-18-33-10-4-5-12-36(33)30-39)42-25-27-43(28-26-42)50-46-29-22-35-11-8-9-17-44(35)48(46)45-31-37-13-6-7-14-38(37)32-47(45)50/h1-32H. The maximum absolute atomic E-state index is 2.43. The average molecular weight is 637 g/mol. The molecule has 50 heavy (non-hydrogen) atoms. The van der Waals surface area contributed by atoms with Gasteiger partial charge in [0, 0.05) is 33.5 Å². The first kappa shape index (κ1) is 28.4. The molecule has 0 bridgehead atoms. The molecule has 0 fully saturated rings. The summed E-state index contributed by atoms with van der Waals surface area (Å²) in [6, 6.07) is 70.5. The van der Waals surface area contributed by atoms with Crippen molar-refractivity contribution < 1.29 is 0 Å². The van der Waals surface area contributed by atoms with Gasteiger partial charge in [-0.25, -0.2) is 0 Å². The zero-order chi connectivity index (χ0) is 33.0. The molecule has 0 saturated heterocycles. The van der Waals surface area contributed by atoms with E-state index in [1.165, 1.54) is 65.3 Å². The van der Waals surface area contributed by atoms with E-state index in [0.717, 1.165) is 22.7 Å². The Morgan fingerprint density at radius 2 is 0.860 bits per heavy atom. The second-order valence-corrected chi connectivity index (χ2v) is 13.0. The van der Waals surface area contributed by atoms with Crippen LogP contribution in [0.4, 0.5) is 17.1 Å². The van der Waals surface area contributed by atoms with E-state index in [1.807, 2.05) is 0 Å². The van der Waals surface area contributed by atoms with Gasteiger partial charge >= 0.3 is 0 Å². The Bertz CT molecular complexity index is 2850. The normalized spacial score (nSPS) is 11.6. The van der Waals surface area contributed by atoms with Crippen molar-refractivity contribution >= 4 is 71.2 Å². The molecule has 10 aromatic rings. The zero-order valence-electron chi connectivity index (χ0n) is 27.4. The average Bonchev–Trinajstić information content (AvgIpc) is 3.51. The number of anilines is 3. The van der Waals surface area contributed by atoms with Gasteiger partial charge in [-0.05, 0) is 116 Å². The number of rotatable bonds is 5. The van der Waals surface area contributed by atoms with E-state index in [0.29, 0.717) is 0 Å². The fourth-order valence-corrected chi connectivity index (χ4v) is 7.70. The van der Waals surface area contributed by atoms with Crippen molar-refractivity contribution in [1.29, 1.82) is 0 Å². The minimum absolute atomic E-state index is 1.11. The number of fused-ring (bicyclic) bond motifs is 7. The van der Waals surface area contributed by atoms with E-state index in [-0.39, 0.29) is 0 Å². The first-order chi connectivity index (χ1) is 24.8. The number of hydrogen-bond acceptors (Lipinski definition) is 1. The zero-order valence-corrected chi connectivity index (χ0v) is 27.4. The van der Waals surface area contributed by atoms with E-state index >= 15 is 0 Å². The largest absolute Gasteiger partial charge is 0.311 e. The summed E-state index contributed by atoms with van der Waals surface area (Å²) in [4.78, 5) is 2.33. The topological polar surface area (TPSA) is 8.17 Å². The highest BCUT2D eigenvalue weighted by Crippen LogP contribution is 2.40. The molecule has 0 radical (unpaired) electrons. The van der Waals surface area contributed by atoms with E-state index in [2.05, 4.69) is 204 Å². The van der Waals surface area contributed by atoms with Gasteiger partial charge in [0.25, 0.3) is 0 Å². The molecule has 2 heteroatoms. The van der Waals surface area contributed by atoms with Gasteiger partial charge in [0.15, 0.2) is 0 Å². The Balaban J connectivity index is 1.10. The highest BCUT2D eigenvalue weighted by atomic mass is 15.1. The molecule has 1 aromatic heterocycles. The van der Waals surface area contributed by atoms with Crippen LogP contribution >= 0.6 is 0 Å². The van der Waals surface area contributed by atoms with Gasteiger partial charge in [-0.2, -0.15) is 0 Å². The Hall–Kier alpha value is -6.64. The molecule has 234 valence electrons. The third-order valence-corrected chi connectivity index (χ3v) is 10.1. The molecular weight excluding hydrogens is 605 g/mol. The van der Waals surface area contributed by atoms with Crippen molar-refractivity contribution in [2.24, 2.45) is 0 Å². The Kier molecular flexibility index (Phi) is 6.53. The third-order valence-electron chi connectivity index (χ3n) is 10.1. The van der Waals surface area contributed by atoms with Crippen molar-refractivity contribution in [3.63, 3.8) is 0 Å². The molecule has 10 rings (SSSR count). The molecule has 0 unspecified atom stereocenters. The summed E-state index contributed by atoms with van der Waals surface area (Å²) >= 11 is 0. The first-order valence-corrected chi connectivity index (χ1v) is 17.2. The van der Waals surface area contributed by atoms with Crippen molar-refractivity contribution in [2.75, 3.05) is 4.90 Å². The van der Waals surface area contributed by atoms with Gasteiger partial charge < -0.3 is 9.47 Å². The lowest BCUT2D eigenvalue weighted by molar-refractivity contribution is 1.18. The lowest BCUT2D eigenvalue weighted by atomic mass is 10.0. The molecule has 0 aliphatic carbocycles. The molecule has 2 nitrogen and oxygen atoms in total. The highest BCUT2D eigenvalue weighted by molar-refractivity contribution is 6.23. The fourth-order valence-electron chi connectivity index (χ4n) is 7.70. The molecule has 0 aliphatic heterocycles. The molecule has 0 saturated carbocycles. The molecule has 0 aliphatic rings. The summed E-state index contributed by atoms with van der Waals surface area (Å²) in [5.41, 5.74) is 9.33. The minimum Gasteiger partial charge on any atom is -0.311 e. The summed E-state index contributed by atoms with van der Waals surface area (Å²) in [6.45, 7) is 0. The minimum atomic E-state index is 1.11. The van der Waals surface area contributed by atoms with Crippen molar-refractivity contribution in [2.45, 2.75) is 0 Å². The number of hydrogen-bond donors (Lipinski definition) is 0. The fraction of sp³-hybridized carbons (Fsp3) is 0. The second-order valence-electron chi connectivity index (χ2n) is 13.0. The molecular formula is C48H32N2. The van der Waals surface area contributed by atoms with Gasteiger partial charge in [0.1, 0.15) is 0 Å². The summed E-state index contributed by atoms with van der Waals surface area (Å²) in [6.07, 6.45) is 0. The molecule has 0 N–H and O–H groups in total. The van der Waals surface area contributed by atoms with Gasteiger partial charge in [0.05, 0.1) is 11.0 Å². The van der Waals surface area contributed by atoms with Crippen LogP contribution < -0.4 is 4.90 Å². The molecule has 9 aromatic carbocycles. The number of para-hydroxylation sites is 1. The Labute approximate surface area is 290 Å². The summed E-state index contributed by atoms with van der Waals surface area (Å²) in [7, 11) is 0. The van der Waals surface area contributed by atoms with E-state index in [4.69, 9.17) is 0 Å². The van der Waals surface area contributed by atoms with Crippen LogP contribution in [-0.4, -0.2) is 4.57 Å². The maximum Gasteiger partial charge on any atom is 0.0547 e. The molecule has 0 atom stereocenters. The lowest BCUT2D eigenvalue weighted by Crippen LogP contribution is -2.10. The smallest absolute Gasteiger partial charge is 0.0547 e. The SMILES string of the molecule is c1ccc(N(c2ccc(-c3ccc4ccccc4c3)cc2)c2ccc(-n3c4cc5ccccc5cc4c4c5ccccc5ccc43)cc2)cc1. The molecule has 0 spiro atoms. The summed E-state index contributed by atoms with van der Waals surface area (Å²) < 4.78 is 2.43. The van der Waals surface area contributed by atoms with E-state index in [1.54, 1.807) is 0 Å². The van der Waals surface area contributed by atoms with Crippen LogP contribution in [0.5, 0.6) is 0 Å². The molecule has 0 amide bonds. The van der Waals surface area contributed by atoms with Crippen molar-refractivity contribution in [3.05, 3.63) is 194 Å². The van der Waals surface area contributed by atoms with E-state index < -0.39 is 0 Å². The summed E-state index contributed by atoms with van der Waals surface area (Å²) in [5, 5.41) is 10.1. The predicted molar refractivity (Wildman–Crippen MR) is 213 cm³/mol. The number of benzene rings is 9. The van der Waals surface area contributed by atoms with Crippen LogP contribution in [0.2, 0.25) is 0 Å². The monoisotopic (exact) mass is 636 g/mol. The van der Waals surface area contributed by atoms with Gasteiger partial charge in [-0.3, -0.25) is 0 Å². The van der Waals surface area contributed by atoms with Crippen molar-refractivity contribution in [3.8, 4) is 16.8 Å². The van der Waals surface area contributed by atoms with Crippen LogP contribution in [0.3, 0.4) is 0 Å². The number of aromatic nitrogens is 1. The quantitative estimate of drug-likeness (QED) is 0.182. The summed E-state index contributed by atoms with van der Waals surface area (Å²) in [5.74, 6) is 0. The maximum atomic E-state index is 2.43. The third kappa shape index (κ3) is 4.65. The van der Waals surface area contributed by atoms with Gasteiger partial charge in [-0.15, -0.1) is 0 Å². The van der Waals surface area contributed by atoms with Crippen LogP contribution in [0.25, 0.3) is 70.9 Å². The van der Waals surface area contributed by atoms with Gasteiger partial charge in [-0.1, -0.05) is 121 Å². The lowest BCUT2D eigenvalue weighted by Gasteiger charge is -2.26. The number of nitrogens with zero attached hydrogens (tertiary/aromatic N) is 2. The first-order valence-electron chi connectivity index (χ1n) is 17.2. The van der Waals surface area contributed by atoms with Crippen LogP contribution in [0, 0.1) is 0 Å². The Morgan fingerprint density at radius 3 is 1.60 bits per heavy atom. The van der Waals surface area contributed by atoms with Crippen molar-refractivity contribution in [1.82, 2.24) is 4.57 Å². The van der Waals surface area contributed by atoms with Gasteiger partial charge in [0.2, 0.25) is 0 Å². The Morgan fingerprint density at radius 1 is 0.320 bits per heavy atom. The molecule has 1 heterocycles.